The Morgan fingerprint density at radius 2 is 1.62 bits per heavy atom. The van der Waals surface area contributed by atoms with E-state index in [-0.39, 0.29) is 10.9 Å². The summed E-state index contributed by atoms with van der Waals surface area (Å²) in [4.78, 5) is 12.0. The molecule has 0 heterocycles. The monoisotopic (exact) mass is 379 g/mol. The van der Waals surface area contributed by atoms with Gasteiger partial charge in [0.1, 0.15) is 11.5 Å². The van der Waals surface area contributed by atoms with Crippen molar-refractivity contribution in [2.45, 2.75) is 11.3 Å². The third-order valence-electron chi connectivity index (χ3n) is 3.56. The maximum absolute atomic E-state index is 12.0. The van der Waals surface area contributed by atoms with E-state index in [1.165, 1.54) is 26.4 Å². The number of nitrogens with two attached hydrogens (primary N) is 1. The van der Waals surface area contributed by atoms with Crippen molar-refractivity contribution in [1.82, 2.24) is 5.32 Å². The second kappa shape index (κ2) is 8.54. The fourth-order valence-corrected chi connectivity index (χ4v) is 2.74. The fourth-order valence-electron chi connectivity index (χ4n) is 2.22. The lowest BCUT2D eigenvalue weighted by Gasteiger charge is -2.11. The number of carbonyl (C=O) groups is 1. The molecule has 8 nitrogen and oxygen atoms in total. The van der Waals surface area contributed by atoms with E-state index in [0.29, 0.717) is 30.2 Å². The highest BCUT2D eigenvalue weighted by Crippen LogP contribution is 2.25. The average Bonchev–Trinajstić information content (AvgIpc) is 2.61. The molecule has 9 heteroatoms. The Hall–Kier alpha value is -2.78. The number of amides is 2. The van der Waals surface area contributed by atoms with E-state index < -0.39 is 10.0 Å². The number of urea groups is 1. The van der Waals surface area contributed by atoms with Crippen LogP contribution in [0.5, 0.6) is 11.5 Å². The Balaban J connectivity index is 1.87. The molecule has 0 atom stereocenters. The molecule has 0 unspecified atom stereocenters. The standard InChI is InChI=1S/C17H21N3O5S/c1-24-14-9-13(10-15(11-14)25-2)20-17(21)19-8-7-12-3-5-16(6-4-12)26(18,22)23/h3-6,9-11H,7-8H2,1-2H3,(H2,18,22,23)(H2,19,20,21). The lowest BCUT2D eigenvalue weighted by molar-refractivity contribution is 0.252. The van der Waals surface area contributed by atoms with Crippen LogP contribution in [0.25, 0.3) is 0 Å². The van der Waals surface area contributed by atoms with Gasteiger partial charge in [-0.15, -0.1) is 0 Å². The largest absolute Gasteiger partial charge is 0.497 e. The van der Waals surface area contributed by atoms with Crippen molar-refractivity contribution in [3.8, 4) is 11.5 Å². The number of rotatable bonds is 7. The van der Waals surface area contributed by atoms with Gasteiger partial charge in [-0.05, 0) is 24.1 Å². The van der Waals surface area contributed by atoms with Gasteiger partial charge in [-0.25, -0.2) is 18.4 Å². The quantitative estimate of drug-likeness (QED) is 0.676. The molecule has 0 bridgehead atoms. The molecular weight excluding hydrogens is 358 g/mol. The van der Waals surface area contributed by atoms with E-state index >= 15 is 0 Å². The predicted octanol–water partition coefficient (Wildman–Crippen LogP) is 1.72. The van der Waals surface area contributed by atoms with Gasteiger partial charge in [0, 0.05) is 30.4 Å². The smallest absolute Gasteiger partial charge is 0.319 e. The molecule has 26 heavy (non-hydrogen) atoms. The molecule has 0 aliphatic heterocycles. The molecule has 2 amide bonds. The molecule has 2 rings (SSSR count). The number of carbonyl (C=O) groups excluding carboxylic acids is 1. The molecule has 2 aromatic rings. The van der Waals surface area contributed by atoms with Gasteiger partial charge in [-0.2, -0.15) is 0 Å². The Morgan fingerprint density at radius 1 is 1.04 bits per heavy atom. The molecule has 140 valence electrons. The Labute approximate surface area is 152 Å². The zero-order chi connectivity index (χ0) is 19.2. The normalized spacial score (nSPS) is 10.9. The van der Waals surface area contributed by atoms with Crippen LogP contribution in [0.4, 0.5) is 10.5 Å². The number of methoxy groups -OCH3 is 2. The fraction of sp³-hybridized carbons (Fsp3) is 0.235. The van der Waals surface area contributed by atoms with Crippen molar-refractivity contribution in [2.24, 2.45) is 5.14 Å². The summed E-state index contributed by atoms with van der Waals surface area (Å²) in [7, 11) is -0.645. The first-order chi connectivity index (χ1) is 12.3. The number of primary sulfonamides is 1. The van der Waals surface area contributed by atoms with Gasteiger partial charge in [0.05, 0.1) is 19.1 Å². The molecule has 0 aliphatic rings. The lowest BCUT2D eigenvalue weighted by atomic mass is 10.1. The third-order valence-corrected chi connectivity index (χ3v) is 4.49. The summed E-state index contributed by atoms with van der Waals surface area (Å²) in [6.45, 7) is 0.377. The van der Waals surface area contributed by atoms with Crippen LogP contribution in [-0.2, 0) is 16.4 Å². The molecule has 0 saturated carbocycles. The van der Waals surface area contributed by atoms with Gasteiger partial charge in [-0.1, -0.05) is 12.1 Å². The average molecular weight is 379 g/mol. The summed E-state index contributed by atoms with van der Waals surface area (Å²) in [5.74, 6) is 1.13. The van der Waals surface area contributed by atoms with Gasteiger partial charge in [0.25, 0.3) is 0 Å². The highest BCUT2D eigenvalue weighted by atomic mass is 32.2. The number of nitrogens with one attached hydrogen (secondary N) is 2. The summed E-state index contributed by atoms with van der Waals surface area (Å²) < 4.78 is 32.7. The van der Waals surface area contributed by atoms with Crippen molar-refractivity contribution >= 4 is 21.7 Å². The van der Waals surface area contributed by atoms with E-state index in [2.05, 4.69) is 10.6 Å². The van der Waals surface area contributed by atoms with Crippen molar-refractivity contribution in [3.63, 3.8) is 0 Å². The second-order valence-electron chi connectivity index (χ2n) is 5.42. The molecule has 0 fully saturated rings. The zero-order valence-electron chi connectivity index (χ0n) is 14.5. The summed E-state index contributed by atoms with van der Waals surface area (Å²) in [6.07, 6.45) is 0.541. The van der Waals surface area contributed by atoms with Crippen LogP contribution in [0.15, 0.2) is 47.4 Å². The number of ether oxygens (including phenoxy) is 2. The number of sulfonamides is 1. The minimum absolute atomic E-state index is 0.0546. The van der Waals surface area contributed by atoms with E-state index in [1.807, 2.05) is 0 Å². The molecule has 0 saturated heterocycles. The van der Waals surface area contributed by atoms with Crippen molar-refractivity contribution in [3.05, 3.63) is 48.0 Å². The minimum atomic E-state index is -3.70. The summed E-state index contributed by atoms with van der Waals surface area (Å²) in [5, 5.41) is 10.5. The highest BCUT2D eigenvalue weighted by molar-refractivity contribution is 7.89. The summed E-state index contributed by atoms with van der Waals surface area (Å²) in [6, 6.07) is 10.9. The van der Waals surface area contributed by atoms with E-state index in [0.717, 1.165) is 5.56 Å². The van der Waals surface area contributed by atoms with Gasteiger partial charge >= 0.3 is 6.03 Å². The topological polar surface area (TPSA) is 120 Å². The van der Waals surface area contributed by atoms with Crippen LogP contribution < -0.4 is 25.2 Å². The van der Waals surface area contributed by atoms with Crippen LogP contribution in [0.2, 0.25) is 0 Å². The van der Waals surface area contributed by atoms with Crippen LogP contribution >= 0.6 is 0 Å². The summed E-state index contributed by atoms with van der Waals surface area (Å²) in [5.41, 5.74) is 1.41. The van der Waals surface area contributed by atoms with Crippen LogP contribution in [0.1, 0.15) is 5.56 Å². The Kier molecular flexibility index (Phi) is 6.42. The molecule has 0 aliphatic carbocycles. The first kappa shape index (κ1) is 19.5. The van der Waals surface area contributed by atoms with E-state index in [9.17, 15) is 13.2 Å². The third kappa shape index (κ3) is 5.64. The first-order valence-corrected chi connectivity index (χ1v) is 9.26. The van der Waals surface area contributed by atoms with Gasteiger partial charge in [0.15, 0.2) is 0 Å². The SMILES string of the molecule is COc1cc(NC(=O)NCCc2ccc(S(N)(=O)=O)cc2)cc(OC)c1. The minimum Gasteiger partial charge on any atom is -0.497 e. The number of anilines is 1. The molecule has 2 aromatic carbocycles. The Morgan fingerprint density at radius 3 is 2.12 bits per heavy atom. The maximum Gasteiger partial charge on any atom is 0.319 e. The van der Waals surface area contributed by atoms with Crippen molar-refractivity contribution in [1.29, 1.82) is 0 Å². The zero-order valence-corrected chi connectivity index (χ0v) is 15.3. The second-order valence-corrected chi connectivity index (χ2v) is 6.98. The first-order valence-electron chi connectivity index (χ1n) is 7.71. The van der Waals surface area contributed by atoms with Crippen LogP contribution in [-0.4, -0.2) is 35.2 Å². The lowest BCUT2D eigenvalue weighted by Crippen LogP contribution is -2.30. The number of hydrogen-bond acceptors (Lipinski definition) is 5. The van der Waals surface area contributed by atoms with Crippen molar-refractivity contribution in [2.75, 3.05) is 26.1 Å². The summed E-state index contributed by atoms with van der Waals surface area (Å²) >= 11 is 0. The van der Waals surface area contributed by atoms with E-state index in [4.69, 9.17) is 14.6 Å². The predicted molar refractivity (Wildman–Crippen MR) is 98.1 cm³/mol. The van der Waals surface area contributed by atoms with Gasteiger partial charge in [0.2, 0.25) is 10.0 Å². The van der Waals surface area contributed by atoms with Crippen LogP contribution in [0, 0.1) is 0 Å². The van der Waals surface area contributed by atoms with Gasteiger partial charge < -0.3 is 20.1 Å². The van der Waals surface area contributed by atoms with Crippen LogP contribution in [0.3, 0.4) is 0 Å². The molecule has 0 aromatic heterocycles. The Bertz CT molecular complexity index is 844. The molecule has 0 radical (unpaired) electrons. The van der Waals surface area contributed by atoms with E-state index in [1.54, 1.807) is 30.3 Å². The highest BCUT2D eigenvalue weighted by Gasteiger charge is 2.08. The molecular formula is C17H21N3O5S. The van der Waals surface area contributed by atoms with Crippen molar-refractivity contribution < 1.29 is 22.7 Å². The number of hydrogen-bond donors (Lipinski definition) is 3. The number of benzene rings is 2. The molecule has 4 N–H and O–H groups in total. The van der Waals surface area contributed by atoms with Gasteiger partial charge in [-0.3, -0.25) is 0 Å². The maximum atomic E-state index is 12.0. The molecule has 0 spiro atoms.